The number of aryl methyl sites for hydroxylation is 3. The Balaban J connectivity index is 3.37. The molecule has 0 aliphatic carbocycles. The Kier molecular flexibility index (Phi) is 3.12. The van der Waals surface area contributed by atoms with Gasteiger partial charge in [0.15, 0.2) is 0 Å². The van der Waals surface area contributed by atoms with E-state index in [-0.39, 0.29) is 0 Å². The monoisotopic (exact) mass is 241 g/mol. The van der Waals surface area contributed by atoms with Gasteiger partial charge in [0.05, 0.1) is 0 Å². The van der Waals surface area contributed by atoms with Gasteiger partial charge < -0.3 is 0 Å². The fraction of sp³-hybridized carbons (Fsp3) is 0.300. The molecule has 2 nitrogen and oxygen atoms in total. The summed E-state index contributed by atoms with van der Waals surface area (Å²) in [5.41, 5.74) is 4.31. The number of benzene rings is 1. The first-order valence-corrected chi connectivity index (χ1v) is 4.87. The van der Waals surface area contributed by atoms with E-state index < -0.39 is 0 Å². The summed E-state index contributed by atoms with van der Waals surface area (Å²) < 4.78 is 0.440. The SMILES string of the molecule is Cc1cc(C)c(C([Se-])=N[O-])c(C)c1. The zero-order chi connectivity index (χ0) is 10.0. The van der Waals surface area contributed by atoms with Crippen molar-refractivity contribution in [1.29, 1.82) is 0 Å². The molecule has 1 rings (SSSR count). The molecule has 0 N–H and O–H groups in total. The molecule has 0 unspecified atom stereocenters. The summed E-state index contributed by atoms with van der Waals surface area (Å²) in [7, 11) is 0. The average Bonchev–Trinajstić information content (AvgIpc) is 2.02. The van der Waals surface area contributed by atoms with Gasteiger partial charge in [-0.1, -0.05) is 0 Å². The van der Waals surface area contributed by atoms with Gasteiger partial charge in [0.1, 0.15) is 0 Å². The van der Waals surface area contributed by atoms with E-state index in [2.05, 4.69) is 21.2 Å². The van der Waals surface area contributed by atoms with Gasteiger partial charge in [0.2, 0.25) is 0 Å². The molecule has 1 aromatic carbocycles. The molecular weight excluding hydrogens is 229 g/mol. The van der Waals surface area contributed by atoms with Crippen LogP contribution in [0.3, 0.4) is 0 Å². The van der Waals surface area contributed by atoms with Gasteiger partial charge in [-0.15, -0.1) is 0 Å². The maximum atomic E-state index is 10.4. The summed E-state index contributed by atoms with van der Waals surface area (Å²) in [6.07, 6.45) is 0. The quantitative estimate of drug-likeness (QED) is 0.420. The van der Waals surface area contributed by atoms with Gasteiger partial charge in [-0.2, -0.15) is 0 Å². The zero-order valence-corrected chi connectivity index (χ0v) is 9.63. The molecule has 70 valence electrons. The third-order valence-corrected chi connectivity index (χ3v) is 2.56. The van der Waals surface area contributed by atoms with Crippen LogP contribution < -0.4 is 0 Å². The molecular formula is C10H11NOSe-2. The summed E-state index contributed by atoms with van der Waals surface area (Å²) >= 11 is 2.68. The van der Waals surface area contributed by atoms with Gasteiger partial charge in [0, 0.05) is 0 Å². The van der Waals surface area contributed by atoms with Crippen LogP contribution in [0.2, 0.25) is 0 Å². The van der Waals surface area contributed by atoms with Gasteiger partial charge in [-0.25, -0.2) is 0 Å². The Morgan fingerprint density at radius 1 is 1.23 bits per heavy atom. The molecule has 0 bridgehead atoms. The van der Waals surface area contributed by atoms with Crippen LogP contribution in [0.4, 0.5) is 0 Å². The number of nitrogens with zero attached hydrogens (tertiary/aromatic N) is 1. The third kappa shape index (κ3) is 2.11. The molecule has 0 radical (unpaired) electrons. The Labute approximate surface area is 86.5 Å². The molecule has 13 heavy (non-hydrogen) atoms. The molecule has 0 spiro atoms. The topological polar surface area (TPSA) is 35.4 Å². The van der Waals surface area contributed by atoms with Crippen molar-refractivity contribution in [3.63, 3.8) is 0 Å². The van der Waals surface area contributed by atoms with Crippen molar-refractivity contribution in [1.82, 2.24) is 0 Å². The van der Waals surface area contributed by atoms with E-state index in [4.69, 9.17) is 0 Å². The Hall–Kier alpha value is -0.791. The van der Waals surface area contributed by atoms with Crippen LogP contribution in [0.15, 0.2) is 17.3 Å². The minimum atomic E-state index is 0.440. The van der Waals surface area contributed by atoms with Crippen molar-refractivity contribution >= 4 is 20.6 Å². The van der Waals surface area contributed by atoms with Crippen molar-refractivity contribution in [3.8, 4) is 0 Å². The van der Waals surface area contributed by atoms with E-state index >= 15 is 0 Å². The normalized spacial score (nSPS) is 11.8. The second-order valence-corrected chi connectivity index (χ2v) is 3.98. The number of hydrogen-bond donors (Lipinski definition) is 0. The molecule has 0 saturated carbocycles. The first-order chi connectivity index (χ1) is 6.06. The second kappa shape index (κ2) is 3.95. The van der Waals surface area contributed by atoms with Crippen molar-refractivity contribution in [3.05, 3.63) is 39.6 Å². The van der Waals surface area contributed by atoms with Crippen molar-refractivity contribution in [2.45, 2.75) is 20.8 Å². The van der Waals surface area contributed by atoms with Crippen LogP contribution in [0.1, 0.15) is 22.3 Å². The first kappa shape index (κ1) is 10.3. The van der Waals surface area contributed by atoms with Crippen LogP contribution in [0.5, 0.6) is 0 Å². The number of rotatable bonds is 1. The average molecular weight is 240 g/mol. The molecule has 0 aromatic heterocycles. The summed E-state index contributed by atoms with van der Waals surface area (Å²) in [4.78, 5) is 0. The fourth-order valence-electron chi connectivity index (χ4n) is 1.56. The molecule has 0 fully saturated rings. The summed E-state index contributed by atoms with van der Waals surface area (Å²) in [5, 5.41) is 13.3. The molecule has 0 aliphatic rings. The standard InChI is InChI=1S/C10H13NOSe/c1-6-4-7(2)9(8(3)5-6)10(13)11-12/h4-5,12H,1-3H3,(H,11,13)/p-2. The van der Waals surface area contributed by atoms with Gasteiger partial charge in [-0.3, -0.25) is 0 Å². The number of hydrogen-bond acceptors (Lipinski definition) is 2. The van der Waals surface area contributed by atoms with E-state index in [9.17, 15) is 5.21 Å². The maximum absolute atomic E-state index is 10.4. The second-order valence-electron chi connectivity index (χ2n) is 3.17. The summed E-state index contributed by atoms with van der Waals surface area (Å²) in [6, 6.07) is 4.09. The van der Waals surface area contributed by atoms with Gasteiger partial charge in [-0.05, 0) is 0 Å². The summed E-state index contributed by atoms with van der Waals surface area (Å²) in [5.74, 6) is 0. The Morgan fingerprint density at radius 3 is 2.08 bits per heavy atom. The van der Waals surface area contributed by atoms with E-state index in [0.717, 1.165) is 16.7 Å². The van der Waals surface area contributed by atoms with E-state index in [1.54, 1.807) is 0 Å². The Morgan fingerprint density at radius 2 is 1.69 bits per heavy atom. The molecule has 0 aliphatic heterocycles. The predicted molar refractivity (Wildman–Crippen MR) is 56.3 cm³/mol. The van der Waals surface area contributed by atoms with E-state index in [1.807, 2.05) is 32.9 Å². The molecule has 0 amide bonds. The minimum absolute atomic E-state index is 0.440. The van der Waals surface area contributed by atoms with Crippen LogP contribution >= 0.6 is 0 Å². The van der Waals surface area contributed by atoms with E-state index in [1.165, 1.54) is 5.56 Å². The van der Waals surface area contributed by atoms with Crippen LogP contribution in [0.25, 0.3) is 0 Å². The van der Waals surface area contributed by atoms with Crippen molar-refractivity contribution < 1.29 is 0 Å². The van der Waals surface area contributed by atoms with Crippen LogP contribution in [-0.4, -0.2) is 20.6 Å². The Bertz CT molecular complexity index is 335. The van der Waals surface area contributed by atoms with Crippen molar-refractivity contribution in [2.75, 3.05) is 0 Å². The van der Waals surface area contributed by atoms with Crippen molar-refractivity contribution in [2.24, 2.45) is 5.16 Å². The molecule has 3 heteroatoms. The zero-order valence-electron chi connectivity index (χ0n) is 7.92. The molecule has 0 atom stereocenters. The molecule has 1 aromatic rings. The van der Waals surface area contributed by atoms with E-state index in [0.29, 0.717) is 4.61 Å². The first-order valence-electron chi connectivity index (χ1n) is 4.02. The van der Waals surface area contributed by atoms with Gasteiger partial charge in [0.25, 0.3) is 0 Å². The van der Waals surface area contributed by atoms with Gasteiger partial charge >= 0.3 is 86.1 Å². The molecule has 0 heterocycles. The predicted octanol–water partition coefficient (Wildman–Crippen LogP) is 2.02. The van der Waals surface area contributed by atoms with Crippen LogP contribution in [-0.2, 0) is 0 Å². The van der Waals surface area contributed by atoms with Crippen LogP contribution in [0, 0.1) is 26.0 Å². The molecule has 0 saturated heterocycles. The fourth-order valence-corrected chi connectivity index (χ4v) is 2.24. The summed E-state index contributed by atoms with van der Waals surface area (Å²) in [6.45, 7) is 6.01. The third-order valence-electron chi connectivity index (χ3n) is 1.97.